The second-order valence-electron chi connectivity index (χ2n) is 3.87. The van der Waals surface area contributed by atoms with Crippen LogP contribution in [0.2, 0.25) is 5.02 Å². The van der Waals surface area contributed by atoms with E-state index in [1.54, 1.807) is 32.3 Å². The molecule has 0 aliphatic carbocycles. The van der Waals surface area contributed by atoms with E-state index >= 15 is 0 Å². The molecule has 0 saturated heterocycles. The van der Waals surface area contributed by atoms with Crippen molar-refractivity contribution in [2.45, 2.75) is 11.8 Å². The third-order valence-corrected chi connectivity index (χ3v) is 4.40. The molecule has 0 bridgehead atoms. The summed E-state index contributed by atoms with van der Waals surface area (Å²) >= 11 is 5.92. The molecule has 1 heterocycles. The van der Waals surface area contributed by atoms with Gasteiger partial charge in [-0.1, -0.05) is 17.7 Å². The van der Waals surface area contributed by atoms with E-state index in [4.69, 9.17) is 11.6 Å². The van der Waals surface area contributed by atoms with Crippen molar-refractivity contribution in [1.29, 1.82) is 0 Å². The number of sulfonamides is 1. The Morgan fingerprint density at radius 3 is 2.72 bits per heavy atom. The molecule has 1 aromatic heterocycles. The van der Waals surface area contributed by atoms with Crippen molar-refractivity contribution in [1.82, 2.24) is 9.78 Å². The predicted octanol–water partition coefficient (Wildman–Crippen LogP) is 2.18. The van der Waals surface area contributed by atoms with Crippen molar-refractivity contribution < 1.29 is 8.42 Å². The number of anilines is 1. The Bertz CT molecular complexity index is 679. The molecule has 0 atom stereocenters. The fourth-order valence-corrected chi connectivity index (χ4v) is 3.09. The van der Waals surface area contributed by atoms with Crippen LogP contribution in [0.5, 0.6) is 0 Å². The Hall–Kier alpha value is -1.53. The average molecular weight is 286 g/mol. The second kappa shape index (κ2) is 4.62. The van der Waals surface area contributed by atoms with E-state index in [-0.39, 0.29) is 4.90 Å². The maximum absolute atomic E-state index is 12.2. The summed E-state index contributed by atoms with van der Waals surface area (Å²) in [4.78, 5) is 0.166. The number of rotatable bonds is 3. The number of hydrogen-bond donors (Lipinski definition) is 1. The zero-order chi connectivity index (χ0) is 13.3. The van der Waals surface area contributed by atoms with E-state index in [0.717, 1.165) is 0 Å². The summed E-state index contributed by atoms with van der Waals surface area (Å²) in [6, 6.07) is 4.77. The molecule has 0 spiro atoms. The maximum atomic E-state index is 12.2. The van der Waals surface area contributed by atoms with Gasteiger partial charge in [-0.05, 0) is 24.6 Å². The molecule has 7 heteroatoms. The van der Waals surface area contributed by atoms with Gasteiger partial charge in [0.2, 0.25) is 0 Å². The zero-order valence-electron chi connectivity index (χ0n) is 9.88. The highest BCUT2D eigenvalue weighted by Gasteiger charge is 2.18. The average Bonchev–Trinajstić information content (AvgIpc) is 2.67. The van der Waals surface area contributed by atoms with Crippen LogP contribution in [0.4, 0.5) is 5.69 Å². The van der Waals surface area contributed by atoms with Crippen LogP contribution >= 0.6 is 11.6 Å². The second-order valence-corrected chi connectivity index (χ2v) is 5.93. The van der Waals surface area contributed by atoms with Gasteiger partial charge in [-0.3, -0.25) is 9.40 Å². The summed E-state index contributed by atoms with van der Waals surface area (Å²) in [7, 11) is -1.93. The summed E-state index contributed by atoms with van der Waals surface area (Å²) < 4.78 is 28.3. The van der Waals surface area contributed by atoms with Crippen LogP contribution in [0.15, 0.2) is 35.5 Å². The van der Waals surface area contributed by atoms with Gasteiger partial charge < -0.3 is 0 Å². The standard InChI is InChI=1S/C11H12ClN3O2S/c1-8-10(12)4-3-5-11(8)18(16,17)14-9-6-13-15(2)7-9/h3-7,14H,1-2H3. The summed E-state index contributed by atoms with van der Waals surface area (Å²) in [5.74, 6) is 0. The monoisotopic (exact) mass is 285 g/mol. The minimum absolute atomic E-state index is 0.166. The van der Waals surface area contributed by atoms with E-state index in [0.29, 0.717) is 16.3 Å². The number of nitrogens with zero attached hydrogens (tertiary/aromatic N) is 2. The third-order valence-electron chi connectivity index (χ3n) is 2.46. The van der Waals surface area contributed by atoms with E-state index in [2.05, 4.69) is 9.82 Å². The van der Waals surface area contributed by atoms with Crippen LogP contribution in [0.3, 0.4) is 0 Å². The first-order valence-corrected chi connectivity index (χ1v) is 7.03. The molecule has 1 aromatic carbocycles. The fraction of sp³-hybridized carbons (Fsp3) is 0.182. The summed E-state index contributed by atoms with van der Waals surface area (Å²) in [5, 5.41) is 4.32. The van der Waals surface area contributed by atoms with Crippen molar-refractivity contribution in [2.24, 2.45) is 7.05 Å². The molecule has 0 aliphatic rings. The first-order valence-electron chi connectivity index (χ1n) is 5.17. The lowest BCUT2D eigenvalue weighted by molar-refractivity contribution is 0.600. The van der Waals surface area contributed by atoms with E-state index in [1.807, 2.05) is 0 Å². The maximum Gasteiger partial charge on any atom is 0.262 e. The largest absolute Gasteiger partial charge is 0.276 e. The van der Waals surface area contributed by atoms with Crippen LogP contribution < -0.4 is 4.72 Å². The number of aromatic nitrogens is 2. The Kier molecular flexibility index (Phi) is 3.32. The van der Waals surface area contributed by atoms with Gasteiger partial charge in [0.15, 0.2) is 0 Å². The highest BCUT2D eigenvalue weighted by molar-refractivity contribution is 7.92. The number of nitrogens with one attached hydrogen (secondary N) is 1. The van der Waals surface area contributed by atoms with Gasteiger partial charge in [0.1, 0.15) is 0 Å². The van der Waals surface area contributed by atoms with Crippen LogP contribution in [-0.4, -0.2) is 18.2 Å². The molecule has 0 radical (unpaired) electrons. The molecule has 0 aliphatic heterocycles. The molecular weight excluding hydrogens is 274 g/mol. The van der Waals surface area contributed by atoms with Crippen LogP contribution in [0, 0.1) is 6.92 Å². The SMILES string of the molecule is Cc1c(Cl)cccc1S(=O)(=O)Nc1cnn(C)c1. The molecule has 5 nitrogen and oxygen atoms in total. The van der Waals surface area contributed by atoms with Crippen molar-refractivity contribution in [3.05, 3.63) is 41.2 Å². The van der Waals surface area contributed by atoms with Crippen LogP contribution in [0.1, 0.15) is 5.56 Å². The lowest BCUT2D eigenvalue weighted by atomic mass is 10.2. The molecule has 1 N–H and O–H groups in total. The molecule has 96 valence electrons. The van der Waals surface area contributed by atoms with Crippen LogP contribution in [-0.2, 0) is 17.1 Å². The minimum Gasteiger partial charge on any atom is -0.276 e. The Labute approximate surface area is 110 Å². The van der Waals surface area contributed by atoms with E-state index in [1.165, 1.54) is 16.9 Å². The zero-order valence-corrected chi connectivity index (χ0v) is 11.5. The lowest BCUT2D eigenvalue weighted by Gasteiger charge is -2.09. The quantitative estimate of drug-likeness (QED) is 0.940. The fourth-order valence-electron chi connectivity index (χ4n) is 1.56. The van der Waals surface area contributed by atoms with Crippen molar-refractivity contribution in [3.63, 3.8) is 0 Å². The molecule has 2 rings (SSSR count). The highest BCUT2D eigenvalue weighted by Crippen LogP contribution is 2.24. The van der Waals surface area contributed by atoms with Gasteiger partial charge in [-0.25, -0.2) is 8.42 Å². The Morgan fingerprint density at radius 1 is 1.39 bits per heavy atom. The molecule has 18 heavy (non-hydrogen) atoms. The predicted molar refractivity (Wildman–Crippen MR) is 70.2 cm³/mol. The Morgan fingerprint density at radius 2 is 2.11 bits per heavy atom. The Balaban J connectivity index is 2.40. The molecule has 0 amide bonds. The normalized spacial score (nSPS) is 11.5. The number of halogens is 1. The topological polar surface area (TPSA) is 64.0 Å². The summed E-state index contributed by atoms with van der Waals surface area (Å²) in [5.41, 5.74) is 0.937. The van der Waals surface area contributed by atoms with Gasteiger partial charge in [0.05, 0.1) is 16.8 Å². The smallest absolute Gasteiger partial charge is 0.262 e. The highest BCUT2D eigenvalue weighted by atomic mass is 35.5. The van der Waals surface area contributed by atoms with Crippen molar-refractivity contribution >= 4 is 27.3 Å². The summed E-state index contributed by atoms with van der Waals surface area (Å²) in [6.45, 7) is 1.67. The number of hydrogen-bond acceptors (Lipinski definition) is 3. The molecule has 0 fully saturated rings. The molecule has 0 unspecified atom stereocenters. The van der Waals surface area contributed by atoms with Gasteiger partial charge in [-0.15, -0.1) is 0 Å². The summed E-state index contributed by atoms with van der Waals surface area (Å²) in [6.07, 6.45) is 3.02. The van der Waals surface area contributed by atoms with Gasteiger partial charge >= 0.3 is 0 Å². The van der Waals surface area contributed by atoms with Crippen molar-refractivity contribution in [3.8, 4) is 0 Å². The van der Waals surface area contributed by atoms with Crippen molar-refractivity contribution in [2.75, 3.05) is 4.72 Å². The lowest BCUT2D eigenvalue weighted by Crippen LogP contribution is -2.14. The number of aryl methyl sites for hydroxylation is 1. The molecule has 2 aromatic rings. The molecule has 0 saturated carbocycles. The van der Waals surface area contributed by atoms with Gasteiger partial charge in [-0.2, -0.15) is 5.10 Å². The van der Waals surface area contributed by atoms with Gasteiger partial charge in [0, 0.05) is 18.3 Å². The van der Waals surface area contributed by atoms with E-state index in [9.17, 15) is 8.42 Å². The third kappa shape index (κ3) is 2.49. The minimum atomic E-state index is -3.64. The first kappa shape index (κ1) is 12.9. The number of benzene rings is 1. The first-order chi connectivity index (χ1) is 8.40. The molecular formula is C11H12ClN3O2S. The van der Waals surface area contributed by atoms with Crippen LogP contribution in [0.25, 0.3) is 0 Å². The van der Waals surface area contributed by atoms with Gasteiger partial charge in [0.25, 0.3) is 10.0 Å². The van der Waals surface area contributed by atoms with E-state index < -0.39 is 10.0 Å².